The molecule has 2 heterocycles. The summed E-state index contributed by atoms with van der Waals surface area (Å²) in [5.41, 5.74) is 0.983. The number of aromatic amines is 1. The Kier molecular flexibility index (Phi) is 7.74. The third-order valence-electron chi connectivity index (χ3n) is 3.74. The molecule has 11 nitrogen and oxygen atoms in total. The quantitative estimate of drug-likeness (QED) is 0.465. The van der Waals surface area contributed by atoms with Crippen molar-refractivity contribution in [2.24, 2.45) is 0 Å². The highest BCUT2D eigenvalue weighted by Gasteiger charge is 2.50. The van der Waals surface area contributed by atoms with Crippen LogP contribution >= 0.6 is 11.6 Å². The summed E-state index contributed by atoms with van der Waals surface area (Å²) >= 11 is 5.60. The zero-order valence-electron chi connectivity index (χ0n) is 15.8. The van der Waals surface area contributed by atoms with Gasteiger partial charge in [0, 0.05) is 38.1 Å². The van der Waals surface area contributed by atoms with Gasteiger partial charge in [0.15, 0.2) is 18.4 Å². The second-order valence-electron chi connectivity index (χ2n) is 6.00. The molecule has 0 spiro atoms. The van der Waals surface area contributed by atoms with Gasteiger partial charge in [-0.25, -0.2) is 9.78 Å². The van der Waals surface area contributed by atoms with Crippen molar-refractivity contribution in [2.45, 2.75) is 45.3 Å². The predicted molar refractivity (Wildman–Crippen MR) is 99.8 cm³/mol. The van der Waals surface area contributed by atoms with Gasteiger partial charge in [0.2, 0.25) is 0 Å². The summed E-state index contributed by atoms with van der Waals surface area (Å²) in [6.45, 7) is 3.32. The standard InChI is InChI=1S/C17H20ClN3O8/c1-8(22)26-7-12-13(27-9(2)23)14(28-10(3)24)16(29-12)20-15-11(4-5-18)6-19-17(25)21-15/h4-6,12-14,16H,7H2,1-3H3,(H2,19,20,21,25)/t12-,13+,14-,16-/m1/s1. The van der Waals surface area contributed by atoms with Gasteiger partial charge in [-0.15, -0.1) is 0 Å². The first-order valence-corrected chi connectivity index (χ1v) is 8.90. The molecule has 1 aliphatic heterocycles. The number of H-pyrrole nitrogens is 1. The van der Waals surface area contributed by atoms with Crippen LogP contribution in [0.4, 0.5) is 5.82 Å². The Morgan fingerprint density at radius 1 is 1.21 bits per heavy atom. The first-order valence-electron chi connectivity index (χ1n) is 8.47. The number of nitrogens with zero attached hydrogens (tertiary/aromatic N) is 1. The molecule has 12 heteroatoms. The molecule has 0 radical (unpaired) electrons. The van der Waals surface area contributed by atoms with Crippen molar-refractivity contribution in [3.05, 3.63) is 27.8 Å². The Bertz CT molecular complexity index is 855. The maximum Gasteiger partial charge on any atom is 0.346 e. The van der Waals surface area contributed by atoms with E-state index in [1.54, 1.807) is 0 Å². The summed E-state index contributed by atoms with van der Waals surface area (Å²) < 4.78 is 21.3. The number of carbonyl (C=O) groups is 3. The Morgan fingerprint density at radius 3 is 2.45 bits per heavy atom. The number of hydrogen-bond acceptors (Lipinski definition) is 10. The number of aromatic nitrogens is 2. The van der Waals surface area contributed by atoms with Crippen LogP contribution in [0.3, 0.4) is 0 Å². The Labute approximate surface area is 170 Å². The number of ether oxygens (including phenoxy) is 4. The average molecular weight is 430 g/mol. The first kappa shape index (κ1) is 22.4. The van der Waals surface area contributed by atoms with Crippen molar-refractivity contribution in [2.75, 3.05) is 11.9 Å². The lowest BCUT2D eigenvalue weighted by Crippen LogP contribution is -2.43. The van der Waals surface area contributed by atoms with E-state index in [9.17, 15) is 19.2 Å². The number of nitrogens with one attached hydrogen (secondary N) is 2. The summed E-state index contributed by atoms with van der Waals surface area (Å²) in [5.74, 6) is -1.69. The normalized spacial score (nSPS) is 23.6. The van der Waals surface area contributed by atoms with Gasteiger partial charge in [0.05, 0.1) is 0 Å². The van der Waals surface area contributed by atoms with Crippen molar-refractivity contribution in [1.29, 1.82) is 0 Å². The van der Waals surface area contributed by atoms with E-state index in [1.165, 1.54) is 38.6 Å². The van der Waals surface area contributed by atoms with E-state index in [0.717, 1.165) is 0 Å². The molecule has 158 valence electrons. The van der Waals surface area contributed by atoms with Crippen LogP contribution < -0.4 is 11.0 Å². The van der Waals surface area contributed by atoms with Crippen LogP contribution in [0.5, 0.6) is 0 Å². The van der Waals surface area contributed by atoms with Crippen molar-refractivity contribution in [3.63, 3.8) is 0 Å². The van der Waals surface area contributed by atoms with Gasteiger partial charge < -0.3 is 24.3 Å². The Hall–Kier alpha value is -2.92. The fraction of sp³-hybridized carbons (Fsp3) is 0.471. The van der Waals surface area contributed by atoms with E-state index in [1.807, 2.05) is 0 Å². The second kappa shape index (κ2) is 10.0. The van der Waals surface area contributed by atoms with Crippen LogP contribution in [-0.2, 0) is 33.3 Å². The number of carbonyl (C=O) groups excluding carboxylic acids is 3. The molecule has 0 aromatic carbocycles. The van der Waals surface area contributed by atoms with E-state index < -0.39 is 48.1 Å². The molecule has 0 saturated carbocycles. The SMILES string of the molecule is CC(=O)OC[C@H]1O[C@@H](Nc2[nH]c(=O)ncc2C=CCl)[C@H](OC(C)=O)[C@H]1OC(C)=O. The molecule has 1 aliphatic rings. The summed E-state index contributed by atoms with van der Waals surface area (Å²) in [7, 11) is 0. The van der Waals surface area contributed by atoms with Gasteiger partial charge in [0.1, 0.15) is 18.5 Å². The third kappa shape index (κ3) is 6.29. The fourth-order valence-corrected chi connectivity index (χ4v) is 2.83. The number of hydrogen-bond donors (Lipinski definition) is 2. The monoisotopic (exact) mass is 429 g/mol. The third-order valence-corrected chi connectivity index (χ3v) is 3.86. The van der Waals surface area contributed by atoms with Gasteiger partial charge in [-0.05, 0) is 6.08 Å². The number of halogens is 1. The molecule has 1 fully saturated rings. The molecular weight excluding hydrogens is 410 g/mol. The van der Waals surface area contributed by atoms with E-state index in [4.69, 9.17) is 30.5 Å². The molecule has 0 amide bonds. The predicted octanol–water partition coefficient (Wildman–Crippen LogP) is 0.543. The van der Waals surface area contributed by atoms with Crippen molar-refractivity contribution < 1.29 is 33.3 Å². The highest BCUT2D eigenvalue weighted by atomic mass is 35.5. The lowest BCUT2D eigenvalue weighted by Gasteiger charge is -2.24. The van der Waals surface area contributed by atoms with E-state index in [2.05, 4.69) is 15.3 Å². The maximum absolute atomic E-state index is 11.6. The van der Waals surface area contributed by atoms with Gasteiger partial charge in [-0.3, -0.25) is 19.4 Å². The molecule has 4 atom stereocenters. The molecular formula is C17H20ClN3O8. The lowest BCUT2D eigenvalue weighted by molar-refractivity contribution is -0.165. The van der Waals surface area contributed by atoms with Crippen LogP contribution in [0.1, 0.15) is 26.3 Å². The average Bonchev–Trinajstić information content (AvgIpc) is 2.91. The molecule has 29 heavy (non-hydrogen) atoms. The lowest BCUT2D eigenvalue weighted by atomic mass is 10.1. The maximum atomic E-state index is 11.6. The zero-order chi connectivity index (χ0) is 21.6. The van der Waals surface area contributed by atoms with Crippen LogP contribution in [0.25, 0.3) is 6.08 Å². The molecule has 1 saturated heterocycles. The number of rotatable bonds is 7. The van der Waals surface area contributed by atoms with Crippen LogP contribution in [-0.4, -0.2) is 59.0 Å². The minimum absolute atomic E-state index is 0.179. The Balaban J connectivity index is 2.36. The van der Waals surface area contributed by atoms with E-state index in [0.29, 0.717) is 5.56 Å². The molecule has 1 aromatic rings. The fourth-order valence-electron chi connectivity index (χ4n) is 2.69. The van der Waals surface area contributed by atoms with Crippen molar-refractivity contribution in [3.8, 4) is 0 Å². The van der Waals surface area contributed by atoms with E-state index >= 15 is 0 Å². The zero-order valence-corrected chi connectivity index (χ0v) is 16.6. The molecule has 2 N–H and O–H groups in total. The van der Waals surface area contributed by atoms with Crippen LogP contribution in [0.15, 0.2) is 16.5 Å². The molecule has 0 unspecified atom stereocenters. The van der Waals surface area contributed by atoms with Gasteiger partial charge in [-0.2, -0.15) is 0 Å². The van der Waals surface area contributed by atoms with Crippen LogP contribution in [0, 0.1) is 0 Å². The minimum atomic E-state index is -1.10. The smallest absolute Gasteiger partial charge is 0.346 e. The molecule has 0 bridgehead atoms. The Morgan fingerprint density at radius 2 is 1.86 bits per heavy atom. The number of anilines is 1. The van der Waals surface area contributed by atoms with E-state index in [-0.39, 0.29) is 12.4 Å². The molecule has 0 aliphatic carbocycles. The highest BCUT2D eigenvalue weighted by molar-refractivity contribution is 6.27. The van der Waals surface area contributed by atoms with Crippen LogP contribution in [0.2, 0.25) is 0 Å². The van der Waals surface area contributed by atoms with Gasteiger partial charge in [-0.1, -0.05) is 11.6 Å². The number of esters is 3. The molecule has 2 rings (SSSR count). The first-order chi connectivity index (χ1) is 13.7. The highest BCUT2D eigenvalue weighted by Crippen LogP contribution is 2.29. The van der Waals surface area contributed by atoms with Gasteiger partial charge in [0.25, 0.3) is 0 Å². The summed E-state index contributed by atoms with van der Waals surface area (Å²) in [5, 5.41) is 2.87. The van der Waals surface area contributed by atoms with Crippen molar-refractivity contribution in [1.82, 2.24) is 9.97 Å². The summed E-state index contributed by atoms with van der Waals surface area (Å²) in [6, 6.07) is 0. The summed E-state index contributed by atoms with van der Waals surface area (Å²) in [4.78, 5) is 52.0. The van der Waals surface area contributed by atoms with Crippen molar-refractivity contribution >= 4 is 41.4 Å². The summed E-state index contributed by atoms with van der Waals surface area (Å²) in [6.07, 6.45) is -1.40. The topological polar surface area (TPSA) is 146 Å². The molecule has 1 aromatic heterocycles. The second-order valence-corrected chi connectivity index (χ2v) is 6.25. The minimum Gasteiger partial charge on any atom is -0.463 e. The van der Waals surface area contributed by atoms with Gasteiger partial charge >= 0.3 is 23.6 Å². The largest absolute Gasteiger partial charge is 0.463 e.